The number of rotatable bonds is 6. The van der Waals surface area contributed by atoms with Crippen molar-refractivity contribution >= 4 is 17.8 Å². The Morgan fingerprint density at radius 1 is 1.26 bits per heavy atom. The van der Waals surface area contributed by atoms with Crippen molar-refractivity contribution in [2.75, 3.05) is 27.7 Å². The Hall–Kier alpha value is -2.04. The molecule has 0 aliphatic carbocycles. The summed E-state index contributed by atoms with van der Waals surface area (Å²) in [6.45, 7) is 0.599. The first-order valence-corrected chi connectivity index (χ1v) is 7.81. The molecule has 2 aromatic carbocycles. The largest absolute Gasteiger partial charge is 0.507 e. The average Bonchev–Trinajstić information content (AvgIpc) is 2.54. The van der Waals surface area contributed by atoms with Crippen molar-refractivity contribution in [2.45, 2.75) is 6.04 Å². The molecule has 1 atom stereocenters. The molecule has 0 aliphatic heterocycles. The van der Waals surface area contributed by atoms with Crippen LogP contribution in [0.3, 0.4) is 0 Å². The number of nitrogens with zero attached hydrogens (tertiary/aromatic N) is 1. The zero-order chi connectivity index (χ0) is 16.8. The Morgan fingerprint density at radius 3 is 2.74 bits per heavy atom. The fourth-order valence-corrected chi connectivity index (χ4v) is 2.55. The van der Waals surface area contributed by atoms with Crippen molar-refractivity contribution in [2.24, 2.45) is 4.99 Å². The van der Waals surface area contributed by atoms with Crippen LogP contribution < -0.4 is 9.64 Å². The molecule has 0 saturated carbocycles. The molecule has 0 unspecified atom stereocenters. The van der Waals surface area contributed by atoms with Crippen molar-refractivity contribution in [1.82, 2.24) is 0 Å². The summed E-state index contributed by atoms with van der Waals surface area (Å²) in [7, 11) is 5.85. The third kappa shape index (κ3) is 4.71. The standard InChI is InChI=1S/C18H21ClN2O2/c1-21(2)17(13-5-4-6-16(10-13)23-3)12-20-11-14-9-15(19)7-8-18(14)22/h4-11,17,22H,12H2,1-3H3/p+1/t17-/m0/s1. The molecule has 0 aliphatic rings. The van der Waals surface area contributed by atoms with Gasteiger partial charge in [0.25, 0.3) is 0 Å². The lowest BCUT2D eigenvalue weighted by atomic mass is 10.1. The van der Waals surface area contributed by atoms with Gasteiger partial charge in [0.1, 0.15) is 17.5 Å². The third-order valence-electron chi connectivity index (χ3n) is 3.70. The maximum absolute atomic E-state index is 9.82. The lowest BCUT2D eigenvalue weighted by Gasteiger charge is -2.20. The summed E-state index contributed by atoms with van der Waals surface area (Å²) in [5.74, 6) is 1.01. The molecule has 0 heterocycles. The van der Waals surface area contributed by atoms with Crippen molar-refractivity contribution < 1.29 is 14.7 Å². The number of ether oxygens (including phenoxy) is 1. The van der Waals surface area contributed by atoms with E-state index in [1.54, 1.807) is 31.5 Å². The summed E-state index contributed by atoms with van der Waals surface area (Å²) in [4.78, 5) is 5.76. The first kappa shape index (κ1) is 17.3. The van der Waals surface area contributed by atoms with Crippen LogP contribution in [-0.2, 0) is 0 Å². The molecular formula is C18H22ClN2O2+. The number of hydrogen-bond donors (Lipinski definition) is 2. The average molecular weight is 334 g/mol. The maximum atomic E-state index is 9.82. The van der Waals surface area contributed by atoms with Crippen LogP contribution in [0.2, 0.25) is 5.02 Å². The summed E-state index contributed by atoms with van der Waals surface area (Å²) in [5, 5.41) is 10.4. The van der Waals surface area contributed by atoms with Crippen LogP contribution in [0.5, 0.6) is 11.5 Å². The highest BCUT2D eigenvalue weighted by Gasteiger charge is 2.17. The van der Waals surface area contributed by atoms with Crippen LogP contribution in [0.25, 0.3) is 0 Å². The SMILES string of the molecule is COc1cccc([C@H](CN=Cc2cc(Cl)ccc2O)[NH+](C)C)c1. The van der Waals surface area contributed by atoms with E-state index in [0.29, 0.717) is 17.1 Å². The van der Waals surface area contributed by atoms with Gasteiger partial charge in [-0.3, -0.25) is 4.99 Å². The highest BCUT2D eigenvalue weighted by atomic mass is 35.5. The Balaban J connectivity index is 2.16. The van der Waals surface area contributed by atoms with Gasteiger partial charge in [0.15, 0.2) is 0 Å². The van der Waals surface area contributed by atoms with Gasteiger partial charge in [-0.2, -0.15) is 0 Å². The molecule has 2 N–H and O–H groups in total. The first-order chi connectivity index (χ1) is 11.0. The van der Waals surface area contributed by atoms with Crippen LogP contribution in [0.1, 0.15) is 17.2 Å². The minimum Gasteiger partial charge on any atom is -0.507 e. The van der Waals surface area contributed by atoms with Gasteiger partial charge < -0.3 is 14.7 Å². The lowest BCUT2D eigenvalue weighted by Crippen LogP contribution is -3.06. The van der Waals surface area contributed by atoms with Crippen LogP contribution in [0, 0.1) is 0 Å². The first-order valence-electron chi connectivity index (χ1n) is 7.43. The van der Waals surface area contributed by atoms with E-state index in [-0.39, 0.29) is 11.8 Å². The highest BCUT2D eigenvalue weighted by molar-refractivity contribution is 6.30. The third-order valence-corrected chi connectivity index (χ3v) is 3.94. The number of nitrogens with one attached hydrogen (secondary N) is 1. The zero-order valence-electron chi connectivity index (χ0n) is 13.6. The van der Waals surface area contributed by atoms with E-state index in [4.69, 9.17) is 16.3 Å². The van der Waals surface area contributed by atoms with E-state index in [9.17, 15) is 5.11 Å². The van der Waals surface area contributed by atoms with Crippen LogP contribution >= 0.6 is 11.6 Å². The fourth-order valence-electron chi connectivity index (χ4n) is 2.36. The number of methoxy groups -OCH3 is 1. The maximum Gasteiger partial charge on any atom is 0.133 e. The number of hydrogen-bond acceptors (Lipinski definition) is 3. The number of phenols is 1. The zero-order valence-corrected chi connectivity index (χ0v) is 14.3. The quantitative estimate of drug-likeness (QED) is 0.797. The molecule has 0 fully saturated rings. The molecule has 0 aromatic heterocycles. The van der Waals surface area contributed by atoms with E-state index < -0.39 is 0 Å². The summed E-state index contributed by atoms with van der Waals surface area (Å²) < 4.78 is 5.29. The second kappa shape index (κ2) is 7.99. The van der Waals surface area contributed by atoms with E-state index in [2.05, 4.69) is 25.2 Å². The number of likely N-dealkylation sites (N-methyl/N-ethyl adjacent to an activating group) is 1. The normalized spacial score (nSPS) is 12.7. The molecule has 23 heavy (non-hydrogen) atoms. The molecule has 0 amide bonds. The van der Waals surface area contributed by atoms with E-state index >= 15 is 0 Å². The molecule has 0 bridgehead atoms. The molecule has 0 spiro atoms. The highest BCUT2D eigenvalue weighted by Crippen LogP contribution is 2.20. The molecule has 4 nitrogen and oxygen atoms in total. The molecule has 2 rings (SSSR count). The fraction of sp³-hybridized carbons (Fsp3) is 0.278. The van der Waals surface area contributed by atoms with Gasteiger partial charge in [0.2, 0.25) is 0 Å². The van der Waals surface area contributed by atoms with Gasteiger partial charge in [-0.05, 0) is 30.3 Å². The van der Waals surface area contributed by atoms with E-state index in [1.165, 1.54) is 4.90 Å². The van der Waals surface area contributed by atoms with Crippen molar-refractivity contribution in [3.05, 3.63) is 58.6 Å². The van der Waals surface area contributed by atoms with Gasteiger partial charge in [-0.1, -0.05) is 23.7 Å². The number of benzene rings is 2. The number of halogens is 1. The Morgan fingerprint density at radius 2 is 2.04 bits per heavy atom. The van der Waals surface area contributed by atoms with Crippen molar-refractivity contribution in [1.29, 1.82) is 0 Å². The van der Waals surface area contributed by atoms with Gasteiger partial charge in [-0.15, -0.1) is 0 Å². The van der Waals surface area contributed by atoms with Gasteiger partial charge in [-0.25, -0.2) is 0 Å². The van der Waals surface area contributed by atoms with Gasteiger partial charge in [0.05, 0.1) is 27.7 Å². The van der Waals surface area contributed by atoms with E-state index in [1.807, 2.05) is 18.2 Å². The predicted molar refractivity (Wildman–Crippen MR) is 94.1 cm³/mol. The van der Waals surface area contributed by atoms with Gasteiger partial charge >= 0.3 is 0 Å². The van der Waals surface area contributed by atoms with Gasteiger partial charge in [0, 0.05) is 22.4 Å². The smallest absolute Gasteiger partial charge is 0.133 e. The van der Waals surface area contributed by atoms with Crippen molar-refractivity contribution in [3.63, 3.8) is 0 Å². The molecule has 2 aromatic rings. The number of aromatic hydroxyl groups is 1. The summed E-state index contributed by atoms with van der Waals surface area (Å²) in [6.07, 6.45) is 1.66. The Labute approximate surface area is 142 Å². The second-order valence-corrected chi connectivity index (χ2v) is 6.04. The number of phenolic OH excluding ortho intramolecular Hbond substituents is 1. The Bertz CT molecular complexity index is 686. The minimum atomic E-state index is 0.174. The predicted octanol–water partition coefficient (Wildman–Crippen LogP) is 2.36. The summed E-state index contributed by atoms with van der Waals surface area (Å²) >= 11 is 5.95. The second-order valence-electron chi connectivity index (χ2n) is 5.60. The molecule has 5 heteroatoms. The molecule has 0 radical (unpaired) electrons. The number of quaternary nitrogens is 1. The van der Waals surface area contributed by atoms with Crippen LogP contribution in [0.15, 0.2) is 47.5 Å². The lowest BCUT2D eigenvalue weighted by molar-refractivity contribution is -0.890. The Kier molecular flexibility index (Phi) is 6.02. The molecular weight excluding hydrogens is 312 g/mol. The van der Waals surface area contributed by atoms with Crippen LogP contribution in [-0.4, -0.2) is 39.1 Å². The van der Waals surface area contributed by atoms with Crippen LogP contribution in [0.4, 0.5) is 0 Å². The van der Waals surface area contributed by atoms with E-state index in [0.717, 1.165) is 11.3 Å². The topological polar surface area (TPSA) is 46.3 Å². The summed E-state index contributed by atoms with van der Waals surface area (Å²) in [6, 6.07) is 13.1. The molecule has 0 saturated heterocycles. The van der Waals surface area contributed by atoms with Crippen molar-refractivity contribution in [3.8, 4) is 11.5 Å². The monoisotopic (exact) mass is 333 g/mol. The molecule has 122 valence electrons. The minimum absolute atomic E-state index is 0.174. The number of aliphatic imine (C=N–C) groups is 1. The summed E-state index contributed by atoms with van der Waals surface area (Å²) in [5.41, 5.74) is 1.78.